The number of nitrogens with zero attached hydrogens (tertiary/aromatic N) is 5. The van der Waals surface area contributed by atoms with Gasteiger partial charge >= 0.3 is 0 Å². The Labute approximate surface area is 153 Å². The molecule has 2 aliphatic heterocycles. The summed E-state index contributed by atoms with van der Waals surface area (Å²) in [6.07, 6.45) is 0. The third kappa shape index (κ3) is 2.96. The van der Waals surface area contributed by atoms with Crippen molar-refractivity contribution in [3.05, 3.63) is 41.5 Å². The Kier molecular flexibility index (Phi) is 3.99. The molecule has 0 saturated heterocycles. The number of aromatic nitrogens is 3. The molecule has 0 radical (unpaired) electrons. The molecule has 1 aromatic carbocycles. The fraction of sp³-hybridized carbons (Fsp3) is 0.526. The number of fused-ring (bicyclic) bond motifs is 2. The van der Waals surface area contributed by atoms with Crippen molar-refractivity contribution >= 4 is 5.91 Å². The van der Waals surface area contributed by atoms with Crippen molar-refractivity contribution in [2.75, 3.05) is 13.6 Å². The maximum absolute atomic E-state index is 13.4. The Morgan fingerprint density at radius 3 is 2.81 bits per heavy atom. The van der Waals surface area contributed by atoms with Crippen molar-refractivity contribution in [3.8, 4) is 5.75 Å². The van der Waals surface area contributed by atoms with Crippen molar-refractivity contribution < 1.29 is 9.53 Å². The first-order valence-corrected chi connectivity index (χ1v) is 8.99. The number of hydrogen-bond acceptors (Lipinski definition) is 5. The third-order valence-corrected chi connectivity index (χ3v) is 5.18. The molecule has 26 heavy (non-hydrogen) atoms. The van der Waals surface area contributed by atoms with E-state index < -0.39 is 5.60 Å². The fourth-order valence-corrected chi connectivity index (χ4v) is 3.84. The van der Waals surface area contributed by atoms with Gasteiger partial charge in [-0.3, -0.25) is 9.69 Å². The van der Waals surface area contributed by atoms with E-state index in [0.29, 0.717) is 26.2 Å². The largest absolute Gasteiger partial charge is 0.486 e. The molecule has 0 bridgehead atoms. The van der Waals surface area contributed by atoms with E-state index in [1.54, 1.807) is 0 Å². The highest BCUT2D eigenvalue weighted by Gasteiger charge is 2.38. The van der Waals surface area contributed by atoms with Crippen molar-refractivity contribution in [3.63, 3.8) is 0 Å². The van der Waals surface area contributed by atoms with Gasteiger partial charge in [-0.05, 0) is 33.9 Å². The maximum atomic E-state index is 13.4. The molecule has 0 spiro atoms. The summed E-state index contributed by atoms with van der Waals surface area (Å²) in [5.41, 5.74) is 0.610. The lowest BCUT2D eigenvalue weighted by Gasteiger charge is -2.37. The number of aryl methyl sites for hydroxylation is 1. The first kappa shape index (κ1) is 17.0. The molecular formula is C19H25N5O2. The zero-order chi connectivity index (χ0) is 18.5. The van der Waals surface area contributed by atoms with Crippen molar-refractivity contribution in [2.24, 2.45) is 0 Å². The predicted molar refractivity (Wildman–Crippen MR) is 96.6 cm³/mol. The summed E-state index contributed by atoms with van der Waals surface area (Å²) >= 11 is 0. The van der Waals surface area contributed by atoms with Crippen LogP contribution in [-0.2, 0) is 24.4 Å². The van der Waals surface area contributed by atoms with Gasteiger partial charge in [0.2, 0.25) is 5.91 Å². The van der Waals surface area contributed by atoms with Gasteiger partial charge in [0.15, 0.2) is 0 Å². The molecule has 1 aromatic heterocycles. The van der Waals surface area contributed by atoms with Gasteiger partial charge in [-0.1, -0.05) is 18.2 Å². The van der Waals surface area contributed by atoms with Gasteiger partial charge in [0.05, 0.1) is 19.6 Å². The Bertz CT molecular complexity index is 844. The summed E-state index contributed by atoms with van der Waals surface area (Å²) in [5.74, 6) is 2.76. The average Bonchev–Trinajstić information content (AvgIpc) is 2.86. The van der Waals surface area contributed by atoms with Crippen LogP contribution in [0.3, 0.4) is 0 Å². The molecule has 1 atom stereocenters. The average molecular weight is 355 g/mol. The van der Waals surface area contributed by atoms with Gasteiger partial charge in [-0.2, -0.15) is 0 Å². The Morgan fingerprint density at radius 1 is 1.23 bits per heavy atom. The Balaban J connectivity index is 1.62. The SMILES string of the molecule is Cc1nnc2n1CC(C(=O)N1Cc3ccccc3OC(C)(C)C1)N(C)C2. The maximum Gasteiger partial charge on any atom is 0.242 e. The summed E-state index contributed by atoms with van der Waals surface area (Å²) in [7, 11) is 1.98. The minimum Gasteiger partial charge on any atom is -0.486 e. The van der Waals surface area contributed by atoms with Crippen LogP contribution in [0, 0.1) is 6.92 Å². The summed E-state index contributed by atoms with van der Waals surface area (Å²) in [6, 6.07) is 7.74. The molecule has 0 saturated carbocycles. The van der Waals surface area contributed by atoms with Gasteiger partial charge in [0.1, 0.15) is 29.0 Å². The van der Waals surface area contributed by atoms with Crippen LogP contribution in [0.25, 0.3) is 0 Å². The second-order valence-corrected chi connectivity index (χ2v) is 7.87. The van der Waals surface area contributed by atoms with Gasteiger partial charge in [0, 0.05) is 12.1 Å². The second-order valence-electron chi connectivity index (χ2n) is 7.87. The lowest BCUT2D eigenvalue weighted by Crippen LogP contribution is -2.54. The quantitative estimate of drug-likeness (QED) is 0.778. The first-order valence-electron chi connectivity index (χ1n) is 8.99. The third-order valence-electron chi connectivity index (χ3n) is 5.18. The van der Waals surface area contributed by atoms with E-state index in [4.69, 9.17) is 4.74 Å². The second kappa shape index (κ2) is 6.09. The molecule has 3 heterocycles. The van der Waals surface area contributed by atoms with Crippen LogP contribution in [-0.4, -0.2) is 55.7 Å². The minimum atomic E-state index is -0.437. The number of para-hydroxylation sites is 1. The summed E-state index contributed by atoms with van der Waals surface area (Å²) < 4.78 is 8.22. The van der Waals surface area contributed by atoms with E-state index >= 15 is 0 Å². The molecule has 138 valence electrons. The van der Waals surface area contributed by atoms with Gasteiger partial charge < -0.3 is 14.2 Å². The molecule has 4 rings (SSSR count). The number of amides is 1. The zero-order valence-corrected chi connectivity index (χ0v) is 15.8. The van der Waals surface area contributed by atoms with Crippen LogP contribution in [0.1, 0.15) is 31.1 Å². The molecule has 0 fully saturated rings. The van der Waals surface area contributed by atoms with Crippen LogP contribution >= 0.6 is 0 Å². The monoisotopic (exact) mass is 355 g/mol. The van der Waals surface area contributed by atoms with Crippen LogP contribution in [0.5, 0.6) is 5.75 Å². The van der Waals surface area contributed by atoms with Crippen molar-refractivity contribution in [2.45, 2.75) is 52.0 Å². The lowest BCUT2D eigenvalue weighted by molar-refractivity contribution is -0.140. The van der Waals surface area contributed by atoms with Gasteiger partial charge in [-0.15, -0.1) is 10.2 Å². The van der Waals surface area contributed by atoms with Crippen LogP contribution in [0.4, 0.5) is 0 Å². The first-order chi connectivity index (χ1) is 12.3. The number of benzene rings is 1. The highest BCUT2D eigenvalue weighted by molar-refractivity contribution is 5.82. The number of carbonyl (C=O) groups excluding carboxylic acids is 1. The van der Waals surface area contributed by atoms with Crippen molar-refractivity contribution in [1.29, 1.82) is 0 Å². The summed E-state index contributed by atoms with van der Waals surface area (Å²) in [6.45, 7) is 8.33. The zero-order valence-electron chi connectivity index (χ0n) is 15.8. The number of likely N-dealkylation sites (N-methyl/N-ethyl adjacent to an activating group) is 1. The van der Waals surface area contributed by atoms with Gasteiger partial charge in [0.25, 0.3) is 0 Å². The van der Waals surface area contributed by atoms with E-state index in [2.05, 4.69) is 19.7 Å². The van der Waals surface area contributed by atoms with Gasteiger partial charge in [-0.25, -0.2) is 0 Å². The van der Waals surface area contributed by atoms with E-state index in [1.807, 2.05) is 57.0 Å². The smallest absolute Gasteiger partial charge is 0.242 e. The molecule has 0 aliphatic carbocycles. The Hall–Kier alpha value is -2.41. The standard InChI is InChI=1S/C19H25N5O2/c1-13-20-21-17-11-22(4)15(10-24(13)17)18(25)23-9-14-7-5-6-8-16(14)26-19(2,3)12-23/h5-8,15H,9-12H2,1-4H3. The molecule has 0 N–H and O–H groups in total. The predicted octanol–water partition coefficient (Wildman–Crippen LogP) is 1.60. The normalized spacial score (nSPS) is 22.2. The van der Waals surface area contributed by atoms with Crippen LogP contribution in [0.15, 0.2) is 24.3 Å². The van der Waals surface area contributed by atoms with E-state index in [9.17, 15) is 4.79 Å². The van der Waals surface area contributed by atoms with Crippen molar-refractivity contribution in [1.82, 2.24) is 24.6 Å². The van der Waals surface area contributed by atoms with Crippen LogP contribution < -0.4 is 4.74 Å². The number of rotatable bonds is 1. The summed E-state index contributed by atoms with van der Waals surface area (Å²) in [5, 5.41) is 8.36. The van der Waals surface area contributed by atoms with E-state index in [0.717, 1.165) is 23.0 Å². The number of ether oxygens (including phenoxy) is 1. The highest BCUT2D eigenvalue weighted by atomic mass is 16.5. The number of carbonyl (C=O) groups is 1. The lowest BCUT2D eigenvalue weighted by atomic mass is 10.1. The molecule has 1 amide bonds. The topological polar surface area (TPSA) is 63.5 Å². The van der Waals surface area contributed by atoms with Crippen LogP contribution in [0.2, 0.25) is 0 Å². The van der Waals surface area contributed by atoms with E-state index in [-0.39, 0.29) is 11.9 Å². The fourth-order valence-electron chi connectivity index (χ4n) is 3.84. The highest BCUT2D eigenvalue weighted by Crippen LogP contribution is 2.30. The molecule has 7 heteroatoms. The molecule has 7 nitrogen and oxygen atoms in total. The Morgan fingerprint density at radius 2 is 2.00 bits per heavy atom. The molecule has 1 unspecified atom stereocenters. The summed E-state index contributed by atoms with van der Waals surface area (Å²) in [4.78, 5) is 17.4. The molecule has 2 aromatic rings. The number of hydrogen-bond donors (Lipinski definition) is 0. The minimum absolute atomic E-state index is 0.125. The van der Waals surface area contributed by atoms with E-state index in [1.165, 1.54) is 0 Å². The molecule has 2 aliphatic rings. The molecular weight excluding hydrogens is 330 g/mol.